The molecule has 5 heterocycles. The fourth-order valence-corrected chi connectivity index (χ4v) is 4.43. The summed E-state index contributed by atoms with van der Waals surface area (Å²) in [6, 6.07) is 5.40. The van der Waals surface area contributed by atoms with Gasteiger partial charge in [0.05, 0.1) is 27.9 Å². The van der Waals surface area contributed by atoms with E-state index in [2.05, 4.69) is 20.1 Å². The van der Waals surface area contributed by atoms with Crippen LogP contribution in [0.3, 0.4) is 0 Å². The number of hydrogen-bond acceptors (Lipinski definition) is 5. The average Bonchev–Trinajstić information content (AvgIpc) is 3.32. The summed E-state index contributed by atoms with van der Waals surface area (Å²) in [6.07, 6.45) is 5.10. The van der Waals surface area contributed by atoms with Crippen LogP contribution in [0.25, 0.3) is 11.5 Å². The van der Waals surface area contributed by atoms with Crippen LogP contribution >= 0.6 is 23.2 Å². The average molecular weight is 418 g/mol. The van der Waals surface area contributed by atoms with E-state index in [-0.39, 0.29) is 17.9 Å². The zero-order valence-corrected chi connectivity index (χ0v) is 16.4. The lowest BCUT2D eigenvalue weighted by Gasteiger charge is -2.37. The van der Waals surface area contributed by atoms with Gasteiger partial charge in [-0.05, 0) is 43.9 Å². The predicted molar refractivity (Wildman–Crippen MR) is 103 cm³/mol. The lowest BCUT2D eigenvalue weighted by Crippen LogP contribution is -2.45. The number of carbonyl (C=O) groups is 1. The van der Waals surface area contributed by atoms with Crippen molar-refractivity contribution in [2.24, 2.45) is 0 Å². The molecule has 9 heteroatoms. The molecular formula is C19H17Cl2N5O2. The summed E-state index contributed by atoms with van der Waals surface area (Å²) in [5, 5.41) is 5.07. The van der Waals surface area contributed by atoms with Crippen molar-refractivity contribution in [2.75, 3.05) is 6.54 Å². The number of pyridine rings is 1. The molecule has 3 aromatic rings. The Hall–Kier alpha value is -2.38. The Morgan fingerprint density at radius 3 is 2.89 bits per heavy atom. The van der Waals surface area contributed by atoms with E-state index in [4.69, 9.17) is 27.7 Å². The van der Waals surface area contributed by atoms with Crippen LogP contribution in [0.5, 0.6) is 0 Å². The number of rotatable bonds is 2. The summed E-state index contributed by atoms with van der Waals surface area (Å²) in [5.74, 6) is 1.03. The first-order chi connectivity index (χ1) is 13.6. The molecule has 0 unspecified atom stereocenters. The Balaban J connectivity index is 1.40. The highest BCUT2D eigenvalue weighted by Crippen LogP contribution is 2.35. The first kappa shape index (κ1) is 17.7. The van der Waals surface area contributed by atoms with Crippen LogP contribution in [-0.4, -0.2) is 43.5 Å². The summed E-state index contributed by atoms with van der Waals surface area (Å²) < 4.78 is 5.51. The first-order valence-corrected chi connectivity index (χ1v) is 9.98. The largest absolute Gasteiger partial charge is 0.357 e. The highest BCUT2D eigenvalue weighted by Gasteiger charge is 2.37. The maximum absolute atomic E-state index is 13.1. The zero-order chi connectivity index (χ0) is 19.3. The van der Waals surface area contributed by atoms with Gasteiger partial charge in [0, 0.05) is 18.8 Å². The van der Waals surface area contributed by atoms with Gasteiger partial charge < -0.3 is 14.4 Å². The quantitative estimate of drug-likeness (QED) is 0.633. The SMILES string of the molecule is O=C1c2ccc(Cl)nc2CC[C@@H]2CC[C@H](c3nc(-c4cc(Cl)c[nH]4)no3)CN12. The van der Waals surface area contributed by atoms with Crippen molar-refractivity contribution in [2.45, 2.75) is 37.6 Å². The molecule has 1 saturated heterocycles. The molecule has 2 aliphatic heterocycles. The van der Waals surface area contributed by atoms with E-state index in [1.54, 1.807) is 24.4 Å². The first-order valence-electron chi connectivity index (χ1n) is 9.23. The predicted octanol–water partition coefficient (Wildman–Crippen LogP) is 4.10. The van der Waals surface area contributed by atoms with Gasteiger partial charge in [-0.25, -0.2) is 4.98 Å². The Labute approximate surface area is 171 Å². The van der Waals surface area contributed by atoms with E-state index < -0.39 is 0 Å². The van der Waals surface area contributed by atoms with Crippen molar-refractivity contribution in [1.82, 2.24) is 25.0 Å². The van der Waals surface area contributed by atoms with Crippen molar-refractivity contribution >= 4 is 29.1 Å². The molecule has 0 aromatic carbocycles. The third-order valence-electron chi connectivity index (χ3n) is 5.53. The summed E-state index contributed by atoms with van der Waals surface area (Å²) in [6.45, 7) is 0.554. The van der Waals surface area contributed by atoms with Gasteiger partial charge in [0.15, 0.2) is 0 Å². The number of fused-ring (bicyclic) bond motifs is 2. The number of nitrogens with zero attached hydrogens (tertiary/aromatic N) is 4. The molecular weight excluding hydrogens is 401 g/mol. The van der Waals surface area contributed by atoms with Crippen LogP contribution in [-0.2, 0) is 6.42 Å². The molecule has 2 atom stereocenters. The van der Waals surface area contributed by atoms with E-state index in [1.807, 2.05) is 4.90 Å². The van der Waals surface area contributed by atoms with Crippen LogP contribution in [0, 0.1) is 0 Å². The molecule has 0 aliphatic carbocycles. The second-order valence-electron chi connectivity index (χ2n) is 7.24. The topological polar surface area (TPSA) is 87.9 Å². The fraction of sp³-hybridized carbons (Fsp3) is 0.368. The standard InChI is InChI=1S/C19H17Cl2N5O2/c20-11-7-15(22-8-11)17-24-18(28-25-17)10-1-2-12-3-5-14-13(4-6-16(21)23-14)19(27)26(12)9-10/h4,6-8,10,12,22H,1-3,5,9H2/t10-,12-/m0/s1. The van der Waals surface area contributed by atoms with Crippen molar-refractivity contribution in [1.29, 1.82) is 0 Å². The number of halogens is 2. The summed E-state index contributed by atoms with van der Waals surface area (Å²) in [7, 11) is 0. The molecule has 144 valence electrons. The van der Waals surface area contributed by atoms with Crippen LogP contribution in [0.1, 0.15) is 47.1 Å². The van der Waals surface area contributed by atoms with Crippen molar-refractivity contribution in [3.63, 3.8) is 0 Å². The van der Waals surface area contributed by atoms with Crippen molar-refractivity contribution in [3.8, 4) is 11.5 Å². The smallest absolute Gasteiger partial charge is 0.255 e. The second kappa shape index (κ2) is 6.90. The number of hydrogen-bond donors (Lipinski definition) is 1. The third kappa shape index (κ3) is 3.08. The molecule has 3 aromatic heterocycles. The normalized spacial score (nSPS) is 21.9. The van der Waals surface area contributed by atoms with Gasteiger partial charge in [-0.15, -0.1) is 0 Å². The van der Waals surface area contributed by atoms with Crippen LogP contribution in [0.2, 0.25) is 10.2 Å². The molecule has 0 saturated carbocycles. The van der Waals surface area contributed by atoms with Gasteiger partial charge in [0.2, 0.25) is 11.7 Å². The van der Waals surface area contributed by atoms with Crippen molar-refractivity contribution in [3.05, 3.63) is 51.7 Å². The van der Waals surface area contributed by atoms with E-state index >= 15 is 0 Å². The number of nitrogens with one attached hydrogen (secondary N) is 1. The van der Waals surface area contributed by atoms with E-state index in [9.17, 15) is 4.79 Å². The Morgan fingerprint density at radius 2 is 2.07 bits per heavy atom. The van der Waals surface area contributed by atoms with E-state index in [1.165, 1.54) is 0 Å². The summed E-state index contributed by atoms with van der Waals surface area (Å²) in [5.41, 5.74) is 2.13. The van der Waals surface area contributed by atoms with Gasteiger partial charge in [-0.3, -0.25) is 4.79 Å². The van der Waals surface area contributed by atoms with Crippen LogP contribution < -0.4 is 0 Å². The monoisotopic (exact) mass is 417 g/mol. The summed E-state index contributed by atoms with van der Waals surface area (Å²) in [4.78, 5) is 27.0. The van der Waals surface area contributed by atoms with Gasteiger partial charge >= 0.3 is 0 Å². The van der Waals surface area contributed by atoms with Crippen molar-refractivity contribution < 1.29 is 9.32 Å². The number of H-pyrrole nitrogens is 1. The Kier molecular flexibility index (Phi) is 4.36. The molecule has 0 radical (unpaired) electrons. The molecule has 28 heavy (non-hydrogen) atoms. The lowest BCUT2D eigenvalue weighted by molar-refractivity contribution is 0.0570. The fourth-order valence-electron chi connectivity index (χ4n) is 4.10. The molecule has 1 amide bonds. The second-order valence-corrected chi connectivity index (χ2v) is 8.06. The zero-order valence-electron chi connectivity index (χ0n) is 14.9. The minimum Gasteiger partial charge on any atom is -0.357 e. The number of piperidine rings is 1. The van der Waals surface area contributed by atoms with Gasteiger partial charge in [-0.1, -0.05) is 28.4 Å². The van der Waals surface area contributed by atoms with Gasteiger partial charge in [0.1, 0.15) is 5.15 Å². The Bertz CT molecular complexity index is 1050. The maximum Gasteiger partial charge on any atom is 0.255 e. The molecule has 0 bridgehead atoms. The van der Waals surface area contributed by atoms with Crippen LogP contribution in [0.15, 0.2) is 28.9 Å². The number of carbonyl (C=O) groups excluding carboxylic acids is 1. The minimum absolute atomic E-state index is 0.00209. The van der Waals surface area contributed by atoms with Gasteiger partial charge in [0.25, 0.3) is 5.91 Å². The number of aryl methyl sites for hydroxylation is 1. The molecule has 0 spiro atoms. The molecule has 1 N–H and O–H groups in total. The molecule has 1 fully saturated rings. The third-order valence-corrected chi connectivity index (χ3v) is 5.96. The molecule has 7 nitrogen and oxygen atoms in total. The van der Waals surface area contributed by atoms with E-state index in [0.29, 0.717) is 39.7 Å². The molecule has 5 rings (SSSR count). The number of amides is 1. The maximum atomic E-state index is 13.1. The summed E-state index contributed by atoms with van der Waals surface area (Å²) >= 11 is 12.0. The number of aromatic nitrogens is 4. The van der Waals surface area contributed by atoms with E-state index in [0.717, 1.165) is 31.4 Å². The molecule has 2 aliphatic rings. The lowest BCUT2D eigenvalue weighted by atomic mass is 9.91. The van der Waals surface area contributed by atoms with Crippen LogP contribution in [0.4, 0.5) is 0 Å². The number of aromatic amines is 1. The van der Waals surface area contributed by atoms with Gasteiger partial charge in [-0.2, -0.15) is 4.98 Å². The highest BCUT2D eigenvalue weighted by molar-refractivity contribution is 6.30. The minimum atomic E-state index is 0.00209. The Morgan fingerprint density at radius 1 is 1.18 bits per heavy atom. The highest BCUT2D eigenvalue weighted by atomic mass is 35.5.